The molecule has 0 unspecified atom stereocenters. The van der Waals surface area contributed by atoms with E-state index < -0.39 is 6.09 Å². The number of benzene rings is 2. The van der Waals surface area contributed by atoms with Crippen LogP contribution in [-0.2, 0) is 4.74 Å². The van der Waals surface area contributed by atoms with Crippen molar-refractivity contribution in [2.45, 2.75) is 0 Å². The van der Waals surface area contributed by atoms with Gasteiger partial charge in [0.1, 0.15) is 0 Å². The van der Waals surface area contributed by atoms with Crippen LogP contribution in [0.5, 0.6) is 0 Å². The van der Waals surface area contributed by atoms with Gasteiger partial charge in [-0.3, -0.25) is 0 Å². The largest absolute Gasteiger partial charge is 0.452 e. The average Bonchev–Trinajstić information content (AvgIpc) is 2.49. The van der Waals surface area contributed by atoms with E-state index >= 15 is 0 Å². The normalized spacial score (nSPS) is 9.53. The fraction of sp³-hybridized carbons (Fsp3) is 0.0667. The smallest absolute Gasteiger partial charge is 0.427 e. The van der Waals surface area contributed by atoms with Crippen molar-refractivity contribution in [3.8, 4) is 0 Å². The van der Waals surface area contributed by atoms with Gasteiger partial charge in [-0.25, -0.2) is 10.2 Å². The van der Waals surface area contributed by atoms with E-state index in [0.29, 0.717) is 5.71 Å². The van der Waals surface area contributed by atoms with Crippen LogP contribution in [0.2, 0.25) is 0 Å². The van der Waals surface area contributed by atoms with Crippen LogP contribution in [-0.4, -0.2) is 18.9 Å². The molecule has 4 nitrogen and oxygen atoms in total. The van der Waals surface area contributed by atoms with Gasteiger partial charge in [0.2, 0.25) is 0 Å². The lowest BCUT2D eigenvalue weighted by Gasteiger charge is -2.07. The molecule has 19 heavy (non-hydrogen) atoms. The minimum atomic E-state index is -0.593. The summed E-state index contributed by atoms with van der Waals surface area (Å²) >= 11 is 0. The molecule has 0 spiro atoms. The van der Waals surface area contributed by atoms with Crippen molar-refractivity contribution in [3.05, 3.63) is 71.8 Å². The molecule has 96 valence electrons. The van der Waals surface area contributed by atoms with Gasteiger partial charge in [0.15, 0.2) is 0 Å². The van der Waals surface area contributed by atoms with Gasteiger partial charge in [-0.2, -0.15) is 5.10 Å². The Balaban J connectivity index is 2.37. The van der Waals surface area contributed by atoms with E-state index in [1.807, 2.05) is 60.7 Å². The summed E-state index contributed by atoms with van der Waals surface area (Å²) in [5.41, 5.74) is 4.89. The van der Waals surface area contributed by atoms with Crippen molar-refractivity contribution in [2.75, 3.05) is 7.11 Å². The summed E-state index contributed by atoms with van der Waals surface area (Å²) in [5, 5.41) is 4.13. The number of nitrogens with one attached hydrogen (secondary N) is 1. The summed E-state index contributed by atoms with van der Waals surface area (Å²) in [4.78, 5) is 11.1. The third kappa shape index (κ3) is 3.42. The Kier molecular flexibility index (Phi) is 4.29. The molecule has 0 fully saturated rings. The molecule has 0 aliphatic rings. The molecular formula is C15H14N2O2. The van der Waals surface area contributed by atoms with Gasteiger partial charge in [0.25, 0.3) is 0 Å². The van der Waals surface area contributed by atoms with Crippen molar-refractivity contribution in [2.24, 2.45) is 5.10 Å². The molecule has 1 N–H and O–H groups in total. The van der Waals surface area contributed by atoms with Crippen molar-refractivity contribution in [1.29, 1.82) is 0 Å². The highest BCUT2D eigenvalue weighted by atomic mass is 16.5. The molecule has 0 radical (unpaired) electrons. The SMILES string of the molecule is COC(=O)NN=C(c1ccccc1)c1ccccc1. The molecule has 0 heterocycles. The third-order valence-electron chi connectivity index (χ3n) is 2.54. The molecule has 0 bridgehead atoms. The molecule has 0 aliphatic heterocycles. The van der Waals surface area contributed by atoms with Crippen LogP contribution in [0.3, 0.4) is 0 Å². The summed E-state index contributed by atoms with van der Waals surface area (Å²) < 4.78 is 4.52. The van der Waals surface area contributed by atoms with E-state index in [9.17, 15) is 4.79 Å². The number of ether oxygens (including phenoxy) is 1. The maximum Gasteiger partial charge on any atom is 0.427 e. The highest BCUT2D eigenvalue weighted by Gasteiger charge is 2.07. The van der Waals surface area contributed by atoms with E-state index in [2.05, 4.69) is 15.3 Å². The molecule has 0 saturated carbocycles. The zero-order valence-electron chi connectivity index (χ0n) is 10.5. The number of hydrogen-bond donors (Lipinski definition) is 1. The lowest BCUT2D eigenvalue weighted by atomic mass is 10.0. The highest BCUT2D eigenvalue weighted by molar-refractivity contribution is 6.13. The fourth-order valence-electron chi connectivity index (χ4n) is 1.63. The molecule has 2 aromatic carbocycles. The molecule has 2 aromatic rings. The lowest BCUT2D eigenvalue weighted by molar-refractivity contribution is 0.171. The minimum Gasteiger partial charge on any atom is -0.452 e. The number of carbonyl (C=O) groups is 1. The molecule has 0 saturated heterocycles. The minimum absolute atomic E-state index is 0.593. The van der Waals surface area contributed by atoms with Crippen molar-refractivity contribution in [3.63, 3.8) is 0 Å². The first kappa shape index (κ1) is 12.8. The van der Waals surface area contributed by atoms with Gasteiger partial charge < -0.3 is 4.74 Å². The molecule has 2 rings (SSSR count). The Hall–Kier alpha value is -2.62. The number of amides is 1. The van der Waals surface area contributed by atoms with Crippen molar-refractivity contribution >= 4 is 11.8 Å². The quantitative estimate of drug-likeness (QED) is 0.676. The average molecular weight is 254 g/mol. The molecular weight excluding hydrogens is 240 g/mol. The van der Waals surface area contributed by atoms with E-state index in [1.54, 1.807) is 0 Å². The van der Waals surface area contributed by atoms with Gasteiger partial charge in [-0.05, 0) is 0 Å². The molecule has 0 aliphatic carbocycles. The first-order chi connectivity index (χ1) is 9.31. The van der Waals surface area contributed by atoms with Crippen molar-refractivity contribution < 1.29 is 9.53 Å². The number of hydrogen-bond acceptors (Lipinski definition) is 3. The Morgan fingerprint density at radius 3 is 1.84 bits per heavy atom. The number of nitrogens with zero attached hydrogens (tertiary/aromatic N) is 1. The van der Waals surface area contributed by atoms with Gasteiger partial charge in [-0.1, -0.05) is 60.7 Å². The predicted molar refractivity (Wildman–Crippen MR) is 74.1 cm³/mol. The van der Waals surface area contributed by atoms with Crippen LogP contribution < -0.4 is 5.43 Å². The number of rotatable bonds is 3. The Morgan fingerprint density at radius 2 is 1.42 bits per heavy atom. The summed E-state index contributed by atoms with van der Waals surface area (Å²) in [6.07, 6.45) is -0.593. The number of methoxy groups -OCH3 is 1. The topological polar surface area (TPSA) is 50.7 Å². The van der Waals surface area contributed by atoms with Crippen LogP contribution in [0.4, 0.5) is 4.79 Å². The van der Waals surface area contributed by atoms with E-state index in [-0.39, 0.29) is 0 Å². The van der Waals surface area contributed by atoms with Gasteiger partial charge in [0.05, 0.1) is 12.8 Å². The third-order valence-corrected chi connectivity index (χ3v) is 2.54. The molecule has 0 aromatic heterocycles. The summed E-state index contributed by atoms with van der Waals surface area (Å²) in [6.45, 7) is 0. The fourth-order valence-corrected chi connectivity index (χ4v) is 1.63. The zero-order valence-corrected chi connectivity index (χ0v) is 10.5. The second kappa shape index (κ2) is 6.35. The second-order valence-corrected chi connectivity index (χ2v) is 3.80. The Labute approximate surface area is 111 Å². The first-order valence-corrected chi connectivity index (χ1v) is 5.84. The highest BCUT2D eigenvalue weighted by Crippen LogP contribution is 2.10. The first-order valence-electron chi connectivity index (χ1n) is 5.84. The van der Waals surface area contributed by atoms with Gasteiger partial charge in [-0.15, -0.1) is 0 Å². The molecule has 4 heteroatoms. The Morgan fingerprint density at radius 1 is 0.947 bits per heavy atom. The predicted octanol–water partition coefficient (Wildman–Crippen LogP) is 2.80. The maximum absolute atomic E-state index is 11.1. The second-order valence-electron chi connectivity index (χ2n) is 3.80. The van der Waals surface area contributed by atoms with Crippen LogP contribution in [0.15, 0.2) is 65.8 Å². The van der Waals surface area contributed by atoms with Gasteiger partial charge >= 0.3 is 6.09 Å². The van der Waals surface area contributed by atoms with Gasteiger partial charge in [0, 0.05) is 11.1 Å². The zero-order chi connectivity index (χ0) is 13.5. The molecule has 1 amide bonds. The van der Waals surface area contributed by atoms with Crippen LogP contribution in [0, 0.1) is 0 Å². The summed E-state index contributed by atoms with van der Waals surface area (Å²) in [6, 6.07) is 19.3. The van der Waals surface area contributed by atoms with E-state index in [4.69, 9.17) is 0 Å². The summed E-state index contributed by atoms with van der Waals surface area (Å²) in [5.74, 6) is 0. The lowest BCUT2D eigenvalue weighted by Crippen LogP contribution is -2.20. The number of carbonyl (C=O) groups excluding carboxylic acids is 1. The monoisotopic (exact) mass is 254 g/mol. The number of hydrazone groups is 1. The van der Waals surface area contributed by atoms with Crippen molar-refractivity contribution in [1.82, 2.24) is 5.43 Å². The Bertz CT molecular complexity index is 524. The van der Waals surface area contributed by atoms with E-state index in [0.717, 1.165) is 11.1 Å². The summed E-state index contributed by atoms with van der Waals surface area (Å²) in [7, 11) is 1.30. The van der Waals surface area contributed by atoms with Crippen LogP contribution >= 0.6 is 0 Å². The maximum atomic E-state index is 11.1. The van der Waals surface area contributed by atoms with E-state index in [1.165, 1.54) is 7.11 Å². The van der Waals surface area contributed by atoms with Crippen LogP contribution in [0.25, 0.3) is 0 Å². The standard InChI is InChI=1S/C15H14N2O2/c1-19-15(18)17-16-14(12-8-4-2-5-9-12)13-10-6-3-7-11-13/h2-11H,1H3,(H,17,18). The van der Waals surface area contributed by atoms with Crippen LogP contribution in [0.1, 0.15) is 11.1 Å². The molecule has 0 atom stereocenters.